The molecule has 4 heteroatoms. The molecule has 0 bridgehead atoms. The molecule has 98 valence electrons. The average Bonchev–Trinajstić information content (AvgIpc) is 2.62. The predicted molar refractivity (Wildman–Crippen MR) is 68.4 cm³/mol. The van der Waals surface area contributed by atoms with Gasteiger partial charge in [-0.15, -0.1) is 0 Å². The molecule has 0 heterocycles. The third-order valence-corrected chi connectivity index (χ3v) is 3.04. The average molecular weight is 257 g/mol. The van der Waals surface area contributed by atoms with E-state index in [2.05, 4.69) is 0 Å². The molecule has 0 saturated heterocycles. The molecule has 1 aromatic carbocycles. The number of hydrogen-bond acceptors (Lipinski definition) is 4. The van der Waals surface area contributed by atoms with Gasteiger partial charge in [0.15, 0.2) is 5.78 Å². The predicted octanol–water partition coefficient (Wildman–Crippen LogP) is 2.28. The van der Waals surface area contributed by atoms with Crippen molar-refractivity contribution in [1.29, 1.82) is 5.26 Å². The minimum Gasteiger partial charge on any atom is -0.458 e. The summed E-state index contributed by atoms with van der Waals surface area (Å²) in [7, 11) is 0. The van der Waals surface area contributed by atoms with Crippen LogP contribution in [0.25, 0.3) is 0 Å². The van der Waals surface area contributed by atoms with Crippen molar-refractivity contribution in [2.45, 2.75) is 32.8 Å². The Morgan fingerprint density at radius 3 is 2.53 bits per heavy atom. The first-order chi connectivity index (χ1) is 8.80. The van der Waals surface area contributed by atoms with Crippen LogP contribution >= 0.6 is 0 Å². The molecule has 1 aliphatic carbocycles. The minimum absolute atomic E-state index is 0.0907. The van der Waals surface area contributed by atoms with Crippen LogP contribution in [0.4, 0.5) is 0 Å². The Morgan fingerprint density at radius 1 is 1.37 bits per heavy atom. The van der Waals surface area contributed by atoms with Gasteiger partial charge in [0, 0.05) is 12.0 Å². The summed E-state index contributed by atoms with van der Waals surface area (Å²) < 4.78 is 5.24. The van der Waals surface area contributed by atoms with Crippen LogP contribution < -0.4 is 0 Å². The molecule has 0 aliphatic heterocycles. The van der Waals surface area contributed by atoms with Gasteiger partial charge >= 0.3 is 5.97 Å². The fourth-order valence-electron chi connectivity index (χ4n) is 2.16. The maximum absolute atomic E-state index is 12.4. The second-order valence-corrected chi connectivity index (χ2v) is 5.68. The van der Waals surface area contributed by atoms with Crippen molar-refractivity contribution >= 4 is 11.8 Å². The Bertz CT molecular complexity index is 592. The Balaban J connectivity index is 2.41. The smallest absolute Gasteiger partial charge is 0.335 e. The number of carbonyl (C=O) groups excluding carboxylic acids is 2. The van der Waals surface area contributed by atoms with Crippen LogP contribution in [0.3, 0.4) is 0 Å². The number of nitrogens with zero attached hydrogens (tertiary/aromatic N) is 1. The van der Waals surface area contributed by atoms with Gasteiger partial charge in [-0.1, -0.05) is 24.3 Å². The van der Waals surface area contributed by atoms with E-state index in [4.69, 9.17) is 4.74 Å². The molecule has 1 atom stereocenters. The zero-order valence-corrected chi connectivity index (χ0v) is 11.2. The van der Waals surface area contributed by atoms with Crippen LogP contribution in [0, 0.1) is 16.7 Å². The van der Waals surface area contributed by atoms with E-state index in [0.29, 0.717) is 5.56 Å². The molecule has 0 radical (unpaired) electrons. The molecule has 0 unspecified atom stereocenters. The first-order valence-electron chi connectivity index (χ1n) is 6.07. The zero-order valence-electron chi connectivity index (χ0n) is 11.2. The van der Waals surface area contributed by atoms with E-state index >= 15 is 0 Å². The fourth-order valence-corrected chi connectivity index (χ4v) is 2.16. The highest BCUT2D eigenvalue weighted by Crippen LogP contribution is 2.38. The highest BCUT2D eigenvalue weighted by molar-refractivity contribution is 6.18. The molecule has 2 rings (SSSR count). The summed E-state index contributed by atoms with van der Waals surface area (Å²) in [6.07, 6.45) is 0.0907. The molecule has 1 aromatic rings. The van der Waals surface area contributed by atoms with Gasteiger partial charge in [0.05, 0.1) is 6.07 Å². The van der Waals surface area contributed by atoms with E-state index < -0.39 is 22.8 Å². The van der Waals surface area contributed by atoms with Crippen molar-refractivity contribution in [3.63, 3.8) is 0 Å². The van der Waals surface area contributed by atoms with E-state index in [1.807, 2.05) is 6.07 Å². The molecular formula is C15H15NO3. The first kappa shape index (κ1) is 13.3. The number of benzene rings is 1. The Labute approximate surface area is 112 Å². The van der Waals surface area contributed by atoms with Crippen LogP contribution in [0.2, 0.25) is 0 Å². The number of ether oxygens (including phenoxy) is 1. The van der Waals surface area contributed by atoms with E-state index in [0.717, 1.165) is 5.56 Å². The SMILES string of the molecule is CC(C)(C)OC(=O)[C@@]1(C#N)Cc2ccccc2C1=O. The third kappa shape index (κ3) is 2.12. The summed E-state index contributed by atoms with van der Waals surface area (Å²) in [4.78, 5) is 24.6. The molecule has 0 spiro atoms. The Hall–Kier alpha value is -2.15. The fraction of sp³-hybridized carbons (Fsp3) is 0.400. The quantitative estimate of drug-likeness (QED) is 0.571. The molecule has 4 nitrogen and oxygen atoms in total. The van der Waals surface area contributed by atoms with Gasteiger partial charge in [-0.2, -0.15) is 5.26 Å². The van der Waals surface area contributed by atoms with Gasteiger partial charge < -0.3 is 4.74 Å². The van der Waals surface area contributed by atoms with Crippen LogP contribution in [0.15, 0.2) is 24.3 Å². The molecule has 0 fully saturated rings. The van der Waals surface area contributed by atoms with Crippen molar-refractivity contribution in [1.82, 2.24) is 0 Å². The van der Waals surface area contributed by atoms with Crippen LogP contribution in [0.5, 0.6) is 0 Å². The number of Topliss-reactive ketones (excluding diaryl/α,β-unsaturated/α-hetero) is 1. The largest absolute Gasteiger partial charge is 0.458 e. The first-order valence-corrected chi connectivity index (χ1v) is 6.07. The van der Waals surface area contributed by atoms with Gasteiger partial charge in [0.25, 0.3) is 0 Å². The molecular weight excluding hydrogens is 242 g/mol. The molecule has 19 heavy (non-hydrogen) atoms. The number of fused-ring (bicyclic) bond motifs is 1. The lowest BCUT2D eigenvalue weighted by Gasteiger charge is -2.25. The second kappa shape index (κ2) is 4.20. The molecule has 1 aliphatic rings. The lowest BCUT2D eigenvalue weighted by molar-refractivity contribution is -0.161. The van der Waals surface area contributed by atoms with Crippen LogP contribution in [0.1, 0.15) is 36.7 Å². The number of nitriles is 1. The lowest BCUT2D eigenvalue weighted by atomic mass is 9.85. The van der Waals surface area contributed by atoms with Crippen molar-refractivity contribution in [3.8, 4) is 6.07 Å². The molecule has 0 saturated carbocycles. The summed E-state index contributed by atoms with van der Waals surface area (Å²) in [6, 6.07) is 8.78. The van der Waals surface area contributed by atoms with Gasteiger partial charge in [0.2, 0.25) is 5.41 Å². The number of esters is 1. The molecule has 0 amide bonds. The topological polar surface area (TPSA) is 67.2 Å². The van der Waals surface area contributed by atoms with Gasteiger partial charge in [0.1, 0.15) is 5.60 Å². The number of rotatable bonds is 1. The van der Waals surface area contributed by atoms with Crippen molar-refractivity contribution < 1.29 is 14.3 Å². The van der Waals surface area contributed by atoms with Gasteiger partial charge in [-0.25, -0.2) is 4.79 Å². The molecule has 0 aromatic heterocycles. The highest BCUT2D eigenvalue weighted by Gasteiger charge is 2.54. The zero-order chi connectivity index (χ0) is 14.3. The van der Waals surface area contributed by atoms with E-state index in [9.17, 15) is 14.9 Å². The lowest BCUT2D eigenvalue weighted by Crippen LogP contribution is -2.41. The maximum atomic E-state index is 12.4. The Kier molecular flexibility index (Phi) is 2.94. The van der Waals surface area contributed by atoms with Gasteiger partial charge in [-0.3, -0.25) is 4.79 Å². The highest BCUT2D eigenvalue weighted by atomic mass is 16.6. The van der Waals surface area contributed by atoms with E-state index in [-0.39, 0.29) is 6.42 Å². The summed E-state index contributed by atoms with van der Waals surface area (Å²) >= 11 is 0. The summed E-state index contributed by atoms with van der Waals surface area (Å²) in [6.45, 7) is 5.13. The third-order valence-electron chi connectivity index (χ3n) is 3.04. The Morgan fingerprint density at radius 2 is 2.00 bits per heavy atom. The maximum Gasteiger partial charge on any atom is 0.335 e. The standard InChI is InChI=1S/C15H15NO3/c1-14(2,3)19-13(18)15(9-16)8-10-6-4-5-7-11(10)12(15)17/h4-7H,8H2,1-3H3/t15-/m1/s1. The van der Waals surface area contributed by atoms with Gasteiger partial charge in [-0.05, 0) is 26.3 Å². The number of ketones is 1. The van der Waals surface area contributed by atoms with E-state index in [1.165, 1.54) is 0 Å². The summed E-state index contributed by atoms with van der Waals surface area (Å²) in [5.41, 5.74) is -1.29. The monoisotopic (exact) mass is 257 g/mol. The minimum atomic E-state index is -1.73. The second-order valence-electron chi connectivity index (χ2n) is 5.68. The number of carbonyl (C=O) groups is 2. The number of hydrogen-bond donors (Lipinski definition) is 0. The normalized spacial score (nSPS) is 21.7. The van der Waals surface area contributed by atoms with Crippen molar-refractivity contribution in [2.24, 2.45) is 5.41 Å². The van der Waals surface area contributed by atoms with Crippen LogP contribution in [-0.2, 0) is 16.0 Å². The summed E-state index contributed by atoms with van der Waals surface area (Å²) in [5, 5.41) is 9.35. The van der Waals surface area contributed by atoms with Crippen LogP contribution in [-0.4, -0.2) is 17.4 Å². The molecule has 0 N–H and O–H groups in total. The van der Waals surface area contributed by atoms with E-state index in [1.54, 1.807) is 45.0 Å². The van der Waals surface area contributed by atoms with Crippen molar-refractivity contribution in [2.75, 3.05) is 0 Å². The van der Waals surface area contributed by atoms with Crippen molar-refractivity contribution in [3.05, 3.63) is 35.4 Å². The summed E-state index contributed by atoms with van der Waals surface area (Å²) in [5.74, 6) is -1.22.